The fourth-order valence-corrected chi connectivity index (χ4v) is 2.46. The number of nitrogens with zero attached hydrogens (tertiary/aromatic N) is 1. The van der Waals surface area contributed by atoms with Crippen LogP contribution >= 0.6 is 0 Å². The van der Waals surface area contributed by atoms with Crippen LogP contribution in [0.2, 0.25) is 0 Å². The lowest BCUT2D eigenvalue weighted by Gasteiger charge is -2.18. The molecule has 0 heterocycles. The van der Waals surface area contributed by atoms with E-state index in [1.807, 2.05) is 20.8 Å². The first kappa shape index (κ1) is 18.5. The Kier molecular flexibility index (Phi) is 6.57. The molecule has 0 atom stereocenters. The highest BCUT2D eigenvalue weighted by Crippen LogP contribution is 2.15. The van der Waals surface area contributed by atoms with E-state index >= 15 is 0 Å². The molecule has 2 rings (SSSR count). The van der Waals surface area contributed by atoms with Crippen LogP contribution in [0.4, 0.5) is 5.69 Å². The number of hydrogen-bond donors (Lipinski definition) is 1. The van der Waals surface area contributed by atoms with Crippen molar-refractivity contribution in [1.82, 2.24) is 4.90 Å². The van der Waals surface area contributed by atoms with Crippen molar-refractivity contribution in [3.05, 3.63) is 59.7 Å². The number of anilines is 1. The van der Waals surface area contributed by atoms with Gasteiger partial charge in [0.1, 0.15) is 5.75 Å². The molecule has 1 N–H and O–H groups in total. The van der Waals surface area contributed by atoms with Gasteiger partial charge in [-0.15, -0.1) is 0 Å². The van der Waals surface area contributed by atoms with Crippen LogP contribution in [-0.4, -0.2) is 36.4 Å². The molecule has 0 bridgehead atoms. The first-order valence-corrected chi connectivity index (χ1v) is 8.52. The summed E-state index contributed by atoms with van der Waals surface area (Å²) in [6.07, 6.45) is 0. The second-order valence-corrected chi connectivity index (χ2v) is 5.47. The Bertz CT molecular complexity index is 705. The number of ether oxygens (including phenoxy) is 1. The van der Waals surface area contributed by atoms with Crippen LogP contribution in [0, 0.1) is 0 Å². The average molecular weight is 340 g/mol. The van der Waals surface area contributed by atoms with E-state index in [1.54, 1.807) is 53.4 Å². The van der Waals surface area contributed by atoms with Gasteiger partial charge in [-0.05, 0) is 69.3 Å². The highest BCUT2D eigenvalue weighted by molar-refractivity contribution is 6.04. The minimum absolute atomic E-state index is 0.00519. The highest BCUT2D eigenvalue weighted by atomic mass is 16.5. The van der Waals surface area contributed by atoms with Gasteiger partial charge in [0.05, 0.1) is 6.61 Å². The zero-order valence-corrected chi connectivity index (χ0v) is 14.9. The Hall–Kier alpha value is -2.82. The molecule has 0 radical (unpaired) electrons. The number of amides is 2. The molecule has 0 unspecified atom stereocenters. The molecule has 5 nitrogen and oxygen atoms in total. The van der Waals surface area contributed by atoms with Gasteiger partial charge in [-0.1, -0.05) is 0 Å². The summed E-state index contributed by atoms with van der Waals surface area (Å²) in [6, 6.07) is 13.9. The summed E-state index contributed by atoms with van der Waals surface area (Å²) in [5, 5.41) is 2.83. The molecule has 0 saturated heterocycles. The standard InChI is InChI=1S/C20H24N2O3/c1-4-22(5-2)20(24)16-7-11-17(12-8-16)21-19(23)15-9-13-18(14-10-15)25-6-3/h7-14H,4-6H2,1-3H3,(H,21,23). The number of carbonyl (C=O) groups excluding carboxylic acids is 2. The molecule has 0 spiro atoms. The van der Waals surface area contributed by atoms with Crippen molar-refractivity contribution in [3.63, 3.8) is 0 Å². The third kappa shape index (κ3) is 4.83. The zero-order valence-electron chi connectivity index (χ0n) is 14.9. The van der Waals surface area contributed by atoms with Crippen molar-refractivity contribution in [3.8, 4) is 5.75 Å². The van der Waals surface area contributed by atoms with Crippen LogP contribution < -0.4 is 10.1 Å². The van der Waals surface area contributed by atoms with Gasteiger partial charge >= 0.3 is 0 Å². The third-order valence-electron chi connectivity index (χ3n) is 3.87. The van der Waals surface area contributed by atoms with Gasteiger partial charge < -0.3 is 15.0 Å². The maximum atomic E-state index is 12.3. The van der Waals surface area contributed by atoms with Crippen molar-refractivity contribution >= 4 is 17.5 Å². The largest absolute Gasteiger partial charge is 0.494 e. The number of nitrogens with one attached hydrogen (secondary N) is 1. The van der Waals surface area contributed by atoms with Gasteiger partial charge in [0.15, 0.2) is 0 Å². The van der Waals surface area contributed by atoms with Gasteiger partial charge in [-0.25, -0.2) is 0 Å². The molecule has 25 heavy (non-hydrogen) atoms. The Morgan fingerprint density at radius 1 is 0.880 bits per heavy atom. The first-order chi connectivity index (χ1) is 12.1. The summed E-state index contributed by atoms with van der Waals surface area (Å²) >= 11 is 0. The molecule has 0 aliphatic carbocycles. The van der Waals surface area contributed by atoms with Crippen LogP contribution in [0.15, 0.2) is 48.5 Å². The summed E-state index contributed by atoms with van der Waals surface area (Å²) in [7, 11) is 0. The van der Waals surface area contributed by atoms with Crippen molar-refractivity contribution in [2.75, 3.05) is 25.0 Å². The summed E-state index contributed by atoms with van der Waals surface area (Å²) < 4.78 is 5.36. The smallest absolute Gasteiger partial charge is 0.255 e. The lowest BCUT2D eigenvalue weighted by Crippen LogP contribution is -2.30. The van der Waals surface area contributed by atoms with Crippen molar-refractivity contribution < 1.29 is 14.3 Å². The van der Waals surface area contributed by atoms with E-state index in [2.05, 4.69) is 5.32 Å². The molecule has 0 fully saturated rings. The predicted octanol–water partition coefficient (Wildman–Crippen LogP) is 3.82. The molecule has 0 aromatic heterocycles. The third-order valence-corrected chi connectivity index (χ3v) is 3.87. The topological polar surface area (TPSA) is 58.6 Å². The van der Waals surface area contributed by atoms with Crippen molar-refractivity contribution in [2.45, 2.75) is 20.8 Å². The van der Waals surface area contributed by atoms with E-state index in [0.717, 1.165) is 5.75 Å². The van der Waals surface area contributed by atoms with Crippen LogP contribution in [0.5, 0.6) is 5.75 Å². The zero-order chi connectivity index (χ0) is 18.2. The molecule has 132 valence electrons. The summed E-state index contributed by atoms with van der Waals surface area (Å²) in [5.74, 6) is 0.526. The van der Waals surface area contributed by atoms with Gasteiger partial charge in [0.2, 0.25) is 0 Å². The molecule has 0 saturated carbocycles. The lowest BCUT2D eigenvalue weighted by atomic mass is 10.1. The number of carbonyl (C=O) groups is 2. The van der Waals surface area contributed by atoms with E-state index < -0.39 is 0 Å². The quantitative estimate of drug-likeness (QED) is 0.833. The van der Waals surface area contributed by atoms with E-state index in [9.17, 15) is 9.59 Å². The SMILES string of the molecule is CCOc1ccc(C(=O)Nc2ccc(C(=O)N(CC)CC)cc2)cc1. The van der Waals surface area contributed by atoms with Crippen molar-refractivity contribution in [2.24, 2.45) is 0 Å². The summed E-state index contributed by atoms with van der Waals surface area (Å²) in [5.41, 5.74) is 1.81. The normalized spacial score (nSPS) is 10.2. The van der Waals surface area contributed by atoms with Crippen LogP contribution in [-0.2, 0) is 0 Å². The fourth-order valence-electron chi connectivity index (χ4n) is 2.46. The molecule has 2 aromatic rings. The Morgan fingerprint density at radius 3 is 1.96 bits per heavy atom. The van der Waals surface area contributed by atoms with Gasteiger partial charge in [0, 0.05) is 29.9 Å². The van der Waals surface area contributed by atoms with Gasteiger partial charge in [-0.3, -0.25) is 9.59 Å². The Balaban J connectivity index is 2.02. The van der Waals surface area contributed by atoms with Crippen LogP contribution in [0.25, 0.3) is 0 Å². The molecule has 2 amide bonds. The lowest BCUT2D eigenvalue weighted by molar-refractivity contribution is 0.0773. The minimum Gasteiger partial charge on any atom is -0.494 e. The minimum atomic E-state index is -0.203. The van der Waals surface area contributed by atoms with E-state index in [0.29, 0.717) is 36.5 Å². The average Bonchev–Trinajstić information content (AvgIpc) is 2.64. The maximum absolute atomic E-state index is 12.3. The molecule has 0 aliphatic rings. The van der Waals surface area contributed by atoms with Crippen LogP contribution in [0.1, 0.15) is 41.5 Å². The van der Waals surface area contributed by atoms with Gasteiger partial charge in [-0.2, -0.15) is 0 Å². The van der Waals surface area contributed by atoms with Crippen LogP contribution in [0.3, 0.4) is 0 Å². The molecule has 5 heteroatoms. The number of rotatable bonds is 7. The first-order valence-electron chi connectivity index (χ1n) is 8.52. The highest BCUT2D eigenvalue weighted by Gasteiger charge is 2.12. The van der Waals surface area contributed by atoms with E-state index in [4.69, 9.17) is 4.74 Å². The summed E-state index contributed by atoms with van der Waals surface area (Å²) in [4.78, 5) is 26.3. The molecular weight excluding hydrogens is 316 g/mol. The summed E-state index contributed by atoms with van der Waals surface area (Å²) in [6.45, 7) is 7.75. The fraction of sp³-hybridized carbons (Fsp3) is 0.300. The molecular formula is C20H24N2O3. The predicted molar refractivity (Wildman–Crippen MR) is 99.3 cm³/mol. The molecule has 0 aliphatic heterocycles. The number of benzene rings is 2. The monoisotopic (exact) mass is 340 g/mol. The second kappa shape index (κ2) is 8.87. The van der Waals surface area contributed by atoms with E-state index in [-0.39, 0.29) is 11.8 Å². The number of hydrogen-bond acceptors (Lipinski definition) is 3. The maximum Gasteiger partial charge on any atom is 0.255 e. The van der Waals surface area contributed by atoms with Crippen molar-refractivity contribution in [1.29, 1.82) is 0 Å². The second-order valence-electron chi connectivity index (χ2n) is 5.47. The Morgan fingerprint density at radius 2 is 1.44 bits per heavy atom. The molecule has 2 aromatic carbocycles. The Labute approximate surface area is 148 Å². The van der Waals surface area contributed by atoms with Gasteiger partial charge in [0.25, 0.3) is 11.8 Å². The van der Waals surface area contributed by atoms with E-state index in [1.165, 1.54) is 0 Å².